The van der Waals surface area contributed by atoms with Crippen molar-refractivity contribution in [2.45, 2.75) is 36.9 Å². The summed E-state index contributed by atoms with van der Waals surface area (Å²) in [6.45, 7) is 0.290. The van der Waals surface area contributed by atoms with Gasteiger partial charge in [0.05, 0.1) is 20.3 Å². The van der Waals surface area contributed by atoms with Gasteiger partial charge in [-0.3, -0.25) is 4.79 Å². The van der Waals surface area contributed by atoms with Crippen molar-refractivity contribution in [2.75, 3.05) is 33.6 Å². The van der Waals surface area contributed by atoms with Gasteiger partial charge in [0.15, 0.2) is 17.4 Å². The van der Waals surface area contributed by atoms with Crippen molar-refractivity contribution in [3.8, 4) is 11.6 Å². The summed E-state index contributed by atoms with van der Waals surface area (Å²) < 4.78 is 76.8. The highest BCUT2D eigenvalue weighted by molar-refractivity contribution is 5.92. The van der Waals surface area contributed by atoms with Crippen LogP contribution in [0.15, 0.2) is 30.3 Å². The number of carbonyl (C=O) groups is 1. The number of likely N-dealkylation sites (tertiary alicyclic amines) is 1. The maximum atomic E-state index is 14.6. The Morgan fingerprint density at radius 2 is 2.03 bits per heavy atom. The van der Waals surface area contributed by atoms with Crippen molar-refractivity contribution in [1.82, 2.24) is 9.88 Å². The number of methoxy groups -OCH3 is 1. The molecular formula is C24H24F4N2O5. The molecule has 3 aliphatic rings. The van der Waals surface area contributed by atoms with Crippen molar-refractivity contribution in [2.24, 2.45) is 5.92 Å². The molecule has 1 aliphatic carbocycles. The van der Waals surface area contributed by atoms with Gasteiger partial charge >= 0.3 is 0 Å². The molecule has 0 radical (unpaired) electrons. The number of alkyl halides is 2. The predicted octanol–water partition coefficient (Wildman–Crippen LogP) is 3.91. The molecule has 35 heavy (non-hydrogen) atoms. The number of hydrogen-bond acceptors (Lipinski definition) is 6. The molecule has 0 N–H and O–H groups in total. The smallest absolute Gasteiger partial charge is 0.272 e. The number of hydrogen-bond donors (Lipinski definition) is 0. The molecule has 3 heterocycles. The predicted molar refractivity (Wildman–Crippen MR) is 113 cm³/mol. The molecule has 1 aromatic heterocycles. The van der Waals surface area contributed by atoms with Gasteiger partial charge in [0.25, 0.3) is 11.8 Å². The van der Waals surface area contributed by atoms with Crippen LogP contribution in [0.4, 0.5) is 17.6 Å². The standard InChI is InChI=1S/C24H24F4N2O5/c1-32-21-18(33-12-14-9-23(27,28)10-14)6-5-17(29-21)22(31)30-8-7-24(19(11-30)34-13-35-24)15-3-2-4-16(25)20(15)26/h2-6,14,19H,7-13H2,1H3/t19?,24-/m1/s1. The maximum Gasteiger partial charge on any atom is 0.272 e. The molecule has 1 saturated carbocycles. The number of fused-ring (bicyclic) bond motifs is 1. The highest BCUT2D eigenvalue weighted by atomic mass is 19.3. The fraction of sp³-hybridized carbons (Fsp3) is 0.500. The highest BCUT2D eigenvalue weighted by Gasteiger charge is 2.53. The average molecular weight is 496 g/mol. The molecule has 2 atom stereocenters. The number of rotatable bonds is 6. The third-order valence-corrected chi connectivity index (χ3v) is 6.83. The van der Waals surface area contributed by atoms with E-state index in [0.717, 1.165) is 6.07 Å². The largest absolute Gasteiger partial charge is 0.488 e. The number of piperidine rings is 1. The topological polar surface area (TPSA) is 70.1 Å². The van der Waals surface area contributed by atoms with E-state index in [4.69, 9.17) is 18.9 Å². The molecule has 11 heteroatoms. The summed E-state index contributed by atoms with van der Waals surface area (Å²) in [6, 6.07) is 6.90. The SMILES string of the molecule is COc1nc(C(=O)N2CC[C@]3(c4cccc(F)c4F)OCOC3C2)ccc1OCC1CC(F)(F)C1. The van der Waals surface area contributed by atoms with Crippen LogP contribution in [-0.4, -0.2) is 61.4 Å². The van der Waals surface area contributed by atoms with E-state index in [2.05, 4.69) is 4.98 Å². The van der Waals surface area contributed by atoms with E-state index in [1.165, 1.54) is 36.3 Å². The van der Waals surface area contributed by atoms with E-state index in [9.17, 15) is 22.4 Å². The second-order valence-corrected chi connectivity index (χ2v) is 9.05. The Bertz CT molecular complexity index is 1130. The molecule has 2 saturated heterocycles. The third kappa shape index (κ3) is 4.31. The lowest BCUT2D eigenvalue weighted by Crippen LogP contribution is -2.54. The van der Waals surface area contributed by atoms with Crippen LogP contribution >= 0.6 is 0 Å². The van der Waals surface area contributed by atoms with Crippen LogP contribution in [0.3, 0.4) is 0 Å². The molecule has 1 aromatic carbocycles. The summed E-state index contributed by atoms with van der Waals surface area (Å²) in [4.78, 5) is 18.9. The minimum Gasteiger partial charge on any atom is -0.488 e. The number of carbonyl (C=O) groups excluding carboxylic acids is 1. The van der Waals surface area contributed by atoms with Crippen LogP contribution in [0, 0.1) is 17.6 Å². The second-order valence-electron chi connectivity index (χ2n) is 9.05. The van der Waals surface area contributed by atoms with Gasteiger partial charge in [0.1, 0.15) is 24.2 Å². The van der Waals surface area contributed by atoms with Crippen LogP contribution in [0.25, 0.3) is 0 Å². The summed E-state index contributed by atoms with van der Waals surface area (Å²) in [7, 11) is 1.37. The van der Waals surface area contributed by atoms with E-state index in [-0.39, 0.29) is 74.6 Å². The second kappa shape index (κ2) is 8.94. The number of ether oxygens (including phenoxy) is 4. The van der Waals surface area contributed by atoms with Gasteiger partial charge in [-0.05, 0) is 18.2 Å². The van der Waals surface area contributed by atoms with Crippen molar-refractivity contribution in [3.05, 3.63) is 53.2 Å². The number of aromatic nitrogens is 1. The summed E-state index contributed by atoms with van der Waals surface area (Å²) in [5.41, 5.74) is -1.03. The molecule has 5 rings (SSSR count). The molecular weight excluding hydrogens is 472 g/mol. The van der Waals surface area contributed by atoms with Gasteiger partial charge in [-0.2, -0.15) is 0 Å². The molecule has 2 aromatic rings. The molecule has 0 spiro atoms. The zero-order valence-electron chi connectivity index (χ0n) is 18.9. The van der Waals surface area contributed by atoms with E-state index >= 15 is 0 Å². The number of nitrogens with zero attached hydrogens (tertiary/aromatic N) is 2. The Morgan fingerprint density at radius 1 is 1.23 bits per heavy atom. The Balaban J connectivity index is 1.28. The summed E-state index contributed by atoms with van der Waals surface area (Å²) in [5, 5.41) is 0. The van der Waals surface area contributed by atoms with Crippen molar-refractivity contribution >= 4 is 5.91 Å². The van der Waals surface area contributed by atoms with Gasteiger partial charge < -0.3 is 23.8 Å². The molecule has 2 aliphatic heterocycles. The fourth-order valence-electron chi connectivity index (χ4n) is 4.95. The first-order valence-electron chi connectivity index (χ1n) is 11.3. The van der Waals surface area contributed by atoms with Gasteiger partial charge in [-0.1, -0.05) is 12.1 Å². The quantitative estimate of drug-likeness (QED) is 0.565. The van der Waals surface area contributed by atoms with Crippen molar-refractivity contribution in [3.63, 3.8) is 0 Å². The van der Waals surface area contributed by atoms with Crippen LogP contribution in [0.5, 0.6) is 11.6 Å². The molecule has 0 bridgehead atoms. The Kier molecular flexibility index (Phi) is 6.08. The zero-order chi connectivity index (χ0) is 24.8. The minimum atomic E-state index is -2.63. The first kappa shape index (κ1) is 23.8. The normalized spacial score (nSPS) is 25.6. The van der Waals surface area contributed by atoms with Crippen molar-refractivity contribution in [1.29, 1.82) is 0 Å². The van der Waals surface area contributed by atoms with E-state index in [1.807, 2.05) is 0 Å². The Hall–Kier alpha value is -2.92. The Labute approximate surface area is 198 Å². The lowest BCUT2D eigenvalue weighted by atomic mass is 9.81. The molecule has 188 valence electrons. The summed E-state index contributed by atoms with van der Waals surface area (Å²) in [6.07, 6.45) is -0.930. The molecule has 1 amide bonds. The Morgan fingerprint density at radius 3 is 2.77 bits per heavy atom. The lowest BCUT2D eigenvalue weighted by molar-refractivity contribution is -0.119. The van der Waals surface area contributed by atoms with E-state index in [1.54, 1.807) is 0 Å². The lowest BCUT2D eigenvalue weighted by Gasteiger charge is -2.41. The first-order valence-corrected chi connectivity index (χ1v) is 11.3. The van der Waals surface area contributed by atoms with Crippen molar-refractivity contribution < 1.29 is 41.3 Å². The summed E-state index contributed by atoms with van der Waals surface area (Å²) >= 11 is 0. The van der Waals surface area contributed by atoms with E-state index in [0.29, 0.717) is 0 Å². The van der Waals surface area contributed by atoms with Crippen LogP contribution < -0.4 is 9.47 Å². The number of benzene rings is 1. The monoisotopic (exact) mass is 496 g/mol. The number of halogens is 4. The first-order chi connectivity index (χ1) is 16.7. The van der Waals surface area contributed by atoms with E-state index < -0.39 is 35.2 Å². The zero-order valence-corrected chi connectivity index (χ0v) is 18.9. The van der Waals surface area contributed by atoms with Gasteiger partial charge in [0.2, 0.25) is 5.92 Å². The van der Waals surface area contributed by atoms with Gasteiger partial charge in [0, 0.05) is 37.3 Å². The van der Waals surface area contributed by atoms with Crippen LogP contribution in [-0.2, 0) is 15.1 Å². The molecule has 7 nitrogen and oxygen atoms in total. The molecule has 1 unspecified atom stereocenters. The number of pyridine rings is 1. The minimum absolute atomic E-state index is 0.0653. The van der Waals surface area contributed by atoms with Gasteiger partial charge in [-0.25, -0.2) is 22.5 Å². The van der Waals surface area contributed by atoms with Crippen LogP contribution in [0.2, 0.25) is 0 Å². The average Bonchev–Trinajstić information content (AvgIpc) is 3.26. The van der Waals surface area contributed by atoms with Crippen LogP contribution in [0.1, 0.15) is 35.3 Å². The fourth-order valence-corrected chi connectivity index (χ4v) is 4.95. The number of amides is 1. The van der Waals surface area contributed by atoms with Gasteiger partial charge in [-0.15, -0.1) is 0 Å². The third-order valence-electron chi connectivity index (χ3n) is 6.83. The maximum absolute atomic E-state index is 14.6. The summed E-state index contributed by atoms with van der Waals surface area (Å²) in [5.74, 6) is -4.93. The molecule has 3 fully saturated rings. The highest BCUT2D eigenvalue weighted by Crippen LogP contribution is 2.44.